The second-order valence-corrected chi connectivity index (χ2v) is 7.24. The van der Waals surface area contributed by atoms with Crippen molar-refractivity contribution in [2.75, 3.05) is 11.8 Å². The maximum absolute atomic E-state index is 12.7. The monoisotopic (exact) mass is 339 g/mol. The summed E-state index contributed by atoms with van der Waals surface area (Å²) < 4.78 is 33.0. The second-order valence-electron chi connectivity index (χ2n) is 5.15. The lowest BCUT2D eigenvalue weighted by Crippen LogP contribution is -2.15. The van der Waals surface area contributed by atoms with Gasteiger partial charge in [0.25, 0.3) is 10.0 Å². The fourth-order valence-corrected chi connectivity index (χ4v) is 3.73. The van der Waals surface area contributed by atoms with Gasteiger partial charge in [0.05, 0.1) is 17.7 Å². The van der Waals surface area contributed by atoms with Gasteiger partial charge in [0.15, 0.2) is 0 Å². The third-order valence-electron chi connectivity index (χ3n) is 3.49. The number of hydrogen-bond acceptors (Lipinski definition) is 3. The number of ether oxygens (including phenoxy) is 1. The number of aryl methyl sites for hydroxylation is 3. The van der Waals surface area contributed by atoms with E-state index >= 15 is 0 Å². The maximum atomic E-state index is 12.7. The van der Waals surface area contributed by atoms with E-state index in [1.165, 1.54) is 13.2 Å². The summed E-state index contributed by atoms with van der Waals surface area (Å²) in [6.45, 7) is 5.61. The van der Waals surface area contributed by atoms with Gasteiger partial charge in [0.1, 0.15) is 5.75 Å². The molecule has 1 N–H and O–H groups in total. The summed E-state index contributed by atoms with van der Waals surface area (Å²) in [5.41, 5.74) is 2.98. The first-order chi connectivity index (χ1) is 10.2. The van der Waals surface area contributed by atoms with Gasteiger partial charge < -0.3 is 4.74 Å². The van der Waals surface area contributed by atoms with Crippen LogP contribution in [0.2, 0.25) is 5.02 Å². The van der Waals surface area contributed by atoms with E-state index in [1.54, 1.807) is 25.1 Å². The van der Waals surface area contributed by atoms with E-state index in [9.17, 15) is 8.42 Å². The second kappa shape index (κ2) is 6.18. The number of rotatable bonds is 4. The molecule has 0 atom stereocenters. The van der Waals surface area contributed by atoms with Crippen LogP contribution in [0.5, 0.6) is 5.75 Å². The highest BCUT2D eigenvalue weighted by Gasteiger charge is 2.20. The summed E-state index contributed by atoms with van der Waals surface area (Å²) in [5, 5.41) is 0.426. The Hall–Kier alpha value is -1.72. The Morgan fingerprint density at radius 3 is 2.27 bits per heavy atom. The molecule has 0 aromatic heterocycles. The molecule has 0 radical (unpaired) electrons. The molecule has 2 rings (SSSR count). The van der Waals surface area contributed by atoms with Crippen LogP contribution in [0.25, 0.3) is 0 Å². The Balaban J connectivity index is 2.49. The van der Waals surface area contributed by atoms with Gasteiger partial charge in [-0.15, -0.1) is 0 Å². The molecule has 0 fully saturated rings. The summed E-state index contributed by atoms with van der Waals surface area (Å²) in [7, 11) is -2.25. The molecule has 0 amide bonds. The number of benzene rings is 2. The van der Waals surface area contributed by atoms with Gasteiger partial charge in [-0.25, -0.2) is 8.42 Å². The zero-order valence-corrected chi connectivity index (χ0v) is 14.5. The van der Waals surface area contributed by atoms with Gasteiger partial charge in [0, 0.05) is 5.02 Å². The summed E-state index contributed by atoms with van der Waals surface area (Å²) in [5.74, 6) is 0.412. The topological polar surface area (TPSA) is 55.4 Å². The molecule has 0 aliphatic heterocycles. The fraction of sp³-hybridized carbons (Fsp3) is 0.250. The molecule has 6 heteroatoms. The standard InChI is InChI=1S/C16H18ClNO3S/c1-10-7-12(3)16(8-11(10)2)22(19,20)18-14-9-13(17)5-6-15(14)21-4/h5-9,18H,1-4H3. The number of methoxy groups -OCH3 is 1. The van der Waals surface area contributed by atoms with Gasteiger partial charge in [-0.1, -0.05) is 17.7 Å². The summed E-state index contributed by atoms with van der Waals surface area (Å²) in [4.78, 5) is 0.248. The third kappa shape index (κ3) is 3.36. The van der Waals surface area contributed by atoms with Gasteiger partial charge >= 0.3 is 0 Å². The number of nitrogens with one attached hydrogen (secondary N) is 1. The minimum Gasteiger partial charge on any atom is -0.495 e. The minimum absolute atomic E-state index is 0.248. The molecule has 0 aliphatic rings. The van der Waals surface area contributed by atoms with E-state index in [1.807, 2.05) is 19.9 Å². The average molecular weight is 340 g/mol. The van der Waals surface area contributed by atoms with Crippen molar-refractivity contribution in [1.82, 2.24) is 0 Å². The molecule has 0 saturated carbocycles. The van der Waals surface area contributed by atoms with Crippen molar-refractivity contribution in [2.45, 2.75) is 25.7 Å². The van der Waals surface area contributed by atoms with Crippen LogP contribution >= 0.6 is 11.6 Å². The van der Waals surface area contributed by atoms with Crippen molar-refractivity contribution in [2.24, 2.45) is 0 Å². The van der Waals surface area contributed by atoms with Crippen molar-refractivity contribution in [1.29, 1.82) is 0 Å². The van der Waals surface area contributed by atoms with E-state index in [0.717, 1.165) is 11.1 Å². The lowest BCUT2D eigenvalue weighted by atomic mass is 10.1. The smallest absolute Gasteiger partial charge is 0.262 e. The van der Waals surface area contributed by atoms with E-state index in [-0.39, 0.29) is 4.90 Å². The molecular formula is C16H18ClNO3S. The molecule has 0 aliphatic carbocycles. The number of sulfonamides is 1. The van der Waals surface area contributed by atoms with Crippen LogP contribution in [0.15, 0.2) is 35.2 Å². The molecule has 4 nitrogen and oxygen atoms in total. The van der Waals surface area contributed by atoms with Crippen molar-refractivity contribution < 1.29 is 13.2 Å². The Kier molecular flexibility index (Phi) is 4.68. The molecule has 2 aromatic carbocycles. The zero-order chi connectivity index (χ0) is 16.5. The molecular weight excluding hydrogens is 322 g/mol. The Morgan fingerprint density at radius 1 is 1.00 bits per heavy atom. The molecule has 0 unspecified atom stereocenters. The first kappa shape index (κ1) is 16.6. The van der Waals surface area contributed by atoms with Crippen molar-refractivity contribution in [3.63, 3.8) is 0 Å². The molecule has 118 valence electrons. The Morgan fingerprint density at radius 2 is 1.64 bits per heavy atom. The van der Waals surface area contributed by atoms with Crippen LogP contribution < -0.4 is 9.46 Å². The number of hydrogen-bond donors (Lipinski definition) is 1. The molecule has 0 spiro atoms. The first-order valence-electron chi connectivity index (χ1n) is 6.69. The summed E-state index contributed by atoms with van der Waals surface area (Å²) >= 11 is 5.94. The van der Waals surface area contributed by atoms with Gasteiger partial charge in [-0.05, 0) is 61.7 Å². The van der Waals surface area contributed by atoms with Crippen LogP contribution in [0.4, 0.5) is 5.69 Å². The van der Waals surface area contributed by atoms with Crippen LogP contribution in [-0.4, -0.2) is 15.5 Å². The Labute approximate surface area is 136 Å². The van der Waals surface area contributed by atoms with E-state index < -0.39 is 10.0 Å². The predicted molar refractivity (Wildman–Crippen MR) is 89.5 cm³/mol. The molecule has 2 aromatic rings. The Bertz CT molecular complexity index is 816. The molecule has 0 heterocycles. The highest BCUT2D eigenvalue weighted by molar-refractivity contribution is 7.92. The lowest BCUT2D eigenvalue weighted by Gasteiger charge is -2.15. The zero-order valence-electron chi connectivity index (χ0n) is 12.9. The SMILES string of the molecule is COc1ccc(Cl)cc1NS(=O)(=O)c1cc(C)c(C)cc1C. The van der Waals surface area contributed by atoms with Crippen LogP contribution in [0.3, 0.4) is 0 Å². The largest absolute Gasteiger partial charge is 0.495 e. The number of anilines is 1. The van der Waals surface area contributed by atoms with Crippen LogP contribution in [-0.2, 0) is 10.0 Å². The fourth-order valence-electron chi connectivity index (χ4n) is 2.18. The van der Waals surface area contributed by atoms with Gasteiger partial charge in [-0.2, -0.15) is 0 Å². The van der Waals surface area contributed by atoms with Crippen LogP contribution in [0.1, 0.15) is 16.7 Å². The van der Waals surface area contributed by atoms with Crippen molar-refractivity contribution in [3.8, 4) is 5.75 Å². The van der Waals surface area contributed by atoms with E-state index in [2.05, 4.69) is 4.72 Å². The molecule has 22 heavy (non-hydrogen) atoms. The van der Waals surface area contributed by atoms with E-state index in [4.69, 9.17) is 16.3 Å². The highest BCUT2D eigenvalue weighted by Crippen LogP contribution is 2.30. The highest BCUT2D eigenvalue weighted by atomic mass is 35.5. The minimum atomic E-state index is -3.72. The predicted octanol–water partition coefficient (Wildman–Crippen LogP) is 4.07. The normalized spacial score (nSPS) is 11.3. The molecule has 0 bridgehead atoms. The van der Waals surface area contributed by atoms with Gasteiger partial charge in [0.2, 0.25) is 0 Å². The average Bonchev–Trinajstić information content (AvgIpc) is 2.42. The number of halogens is 1. The van der Waals surface area contributed by atoms with E-state index in [0.29, 0.717) is 22.0 Å². The van der Waals surface area contributed by atoms with Crippen molar-refractivity contribution in [3.05, 3.63) is 52.0 Å². The first-order valence-corrected chi connectivity index (χ1v) is 8.55. The van der Waals surface area contributed by atoms with Crippen molar-refractivity contribution >= 4 is 27.3 Å². The lowest BCUT2D eigenvalue weighted by molar-refractivity contribution is 0.417. The summed E-state index contributed by atoms with van der Waals surface area (Å²) in [6.07, 6.45) is 0. The van der Waals surface area contributed by atoms with Crippen LogP contribution in [0, 0.1) is 20.8 Å². The summed E-state index contributed by atoms with van der Waals surface area (Å²) in [6, 6.07) is 8.31. The maximum Gasteiger partial charge on any atom is 0.262 e. The van der Waals surface area contributed by atoms with Gasteiger partial charge in [-0.3, -0.25) is 4.72 Å². The molecule has 0 saturated heterocycles. The quantitative estimate of drug-likeness (QED) is 0.913. The third-order valence-corrected chi connectivity index (χ3v) is 5.23.